The number of halogens is 2. The summed E-state index contributed by atoms with van der Waals surface area (Å²) >= 11 is 13.4. The van der Waals surface area contributed by atoms with E-state index in [4.69, 9.17) is 23.2 Å². The van der Waals surface area contributed by atoms with Crippen molar-refractivity contribution in [3.63, 3.8) is 0 Å². The largest absolute Gasteiger partial charge is 0.326 e. The van der Waals surface area contributed by atoms with Crippen LogP contribution >= 0.6 is 35.0 Å². The second-order valence-corrected chi connectivity index (χ2v) is 8.62. The van der Waals surface area contributed by atoms with E-state index in [1.807, 2.05) is 24.3 Å². The standard InChI is InChI=1S/C21H22Cl2N2O2S/c22-17-7-4-8-18(20(17)23)25-19(26)13-28-16-11-9-15(10-12-16)24-21(27)14-5-2-1-3-6-14/h4,7-12,14H,1-3,5-6,13H2,(H,24,27)(H,25,26). The van der Waals surface area contributed by atoms with Gasteiger partial charge in [0.1, 0.15) is 0 Å². The van der Waals surface area contributed by atoms with Crippen LogP contribution in [-0.2, 0) is 9.59 Å². The maximum absolute atomic E-state index is 12.3. The van der Waals surface area contributed by atoms with Crippen LogP contribution in [0.5, 0.6) is 0 Å². The molecule has 148 valence electrons. The van der Waals surface area contributed by atoms with Gasteiger partial charge in [-0.25, -0.2) is 0 Å². The van der Waals surface area contributed by atoms with Crippen molar-refractivity contribution in [1.29, 1.82) is 0 Å². The van der Waals surface area contributed by atoms with Gasteiger partial charge in [0.05, 0.1) is 21.5 Å². The van der Waals surface area contributed by atoms with Crippen molar-refractivity contribution in [1.82, 2.24) is 0 Å². The first kappa shape index (κ1) is 21.0. The molecule has 3 rings (SSSR count). The number of rotatable bonds is 6. The van der Waals surface area contributed by atoms with Crippen molar-refractivity contribution in [2.24, 2.45) is 5.92 Å². The molecular formula is C21H22Cl2N2O2S. The molecule has 0 saturated heterocycles. The van der Waals surface area contributed by atoms with Gasteiger partial charge in [0.15, 0.2) is 0 Å². The molecule has 0 atom stereocenters. The van der Waals surface area contributed by atoms with E-state index in [2.05, 4.69) is 10.6 Å². The van der Waals surface area contributed by atoms with E-state index in [0.717, 1.165) is 36.3 Å². The van der Waals surface area contributed by atoms with Crippen LogP contribution in [0.4, 0.5) is 11.4 Å². The number of anilines is 2. The Balaban J connectivity index is 1.48. The predicted octanol–water partition coefficient (Wildman–Crippen LogP) is 6.24. The van der Waals surface area contributed by atoms with Gasteiger partial charge in [-0.3, -0.25) is 9.59 Å². The zero-order valence-electron chi connectivity index (χ0n) is 15.3. The first-order valence-corrected chi connectivity index (χ1v) is 11.0. The normalized spacial score (nSPS) is 14.5. The van der Waals surface area contributed by atoms with Crippen molar-refractivity contribution < 1.29 is 9.59 Å². The van der Waals surface area contributed by atoms with Crippen LogP contribution in [-0.4, -0.2) is 17.6 Å². The molecule has 0 radical (unpaired) electrons. The molecule has 0 spiro atoms. The lowest BCUT2D eigenvalue weighted by molar-refractivity contribution is -0.120. The minimum atomic E-state index is -0.163. The fourth-order valence-corrected chi connectivity index (χ4v) is 4.23. The summed E-state index contributed by atoms with van der Waals surface area (Å²) in [5.74, 6) is 0.322. The van der Waals surface area contributed by atoms with Gasteiger partial charge in [-0.05, 0) is 49.2 Å². The number of nitrogens with one attached hydrogen (secondary N) is 2. The Morgan fingerprint density at radius 3 is 2.39 bits per heavy atom. The molecular weight excluding hydrogens is 415 g/mol. The van der Waals surface area contributed by atoms with Gasteiger partial charge in [-0.1, -0.05) is 48.5 Å². The predicted molar refractivity (Wildman–Crippen MR) is 117 cm³/mol. The maximum atomic E-state index is 12.3. The molecule has 4 nitrogen and oxygen atoms in total. The van der Waals surface area contributed by atoms with E-state index < -0.39 is 0 Å². The first-order chi connectivity index (χ1) is 13.5. The number of hydrogen-bond acceptors (Lipinski definition) is 3. The summed E-state index contributed by atoms with van der Waals surface area (Å²) in [5, 5.41) is 6.49. The Morgan fingerprint density at radius 2 is 1.68 bits per heavy atom. The number of carbonyl (C=O) groups excluding carboxylic acids is 2. The Hall–Kier alpha value is -1.69. The molecule has 1 aliphatic carbocycles. The highest BCUT2D eigenvalue weighted by Crippen LogP contribution is 2.30. The number of thioether (sulfide) groups is 1. The lowest BCUT2D eigenvalue weighted by Crippen LogP contribution is -2.24. The summed E-state index contributed by atoms with van der Waals surface area (Å²) in [5.41, 5.74) is 1.29. The summed E-state index contributed by atoms with van der Waals surface area (Å²) in [6, 6.07) is 12.7. The van der Waals surface area contributed by atoms with Crippen LogP contribution in [0.3, 0.4) is 0 Å². The van der Waals surface area contributed by atoms with E-state index in [1.165, 1.54) is 18.2 Å². The van der Waals surface area contributed by atoms with E-state index in [1.54, 1.807) is 18.2 Å². The van der Waals surface area contributed by atoms with Crippen LogP contribution in [0.1, 0.15) is 32.1 Å². The summed E-state index contributed by atoms with van der Waals surface area (Å²) in [7, 11) is 0. The highest BCUT2D eigenvalue weighted by Gasteiger charge is 2.20. The summed E-state index contributed by atoms with van der Waals surface area (Å²) in [6.07, 6.45) is 5.45. The summed E-state index contributed by atoms with van der Waals surface area (Å²) in [4.78, 5) is 25.4. The zero-order valence-corrected chi connectivity index (χ0v) is 17.7. The minimum absolute atomic E-state index is 0.109. The van der Waals surface area contributed by atoms with Crippen LogP contribution < -0.4 is 10.6 Å². The molecule has 2 aromatic carbocycles. The number of carbonyl (C=O) groups is 2. The van der Waals surface area contributed by atoms with E-state index in [9.17, 15) is 9.59 Å². The second kappa shape index (κ2) is 10.2. The Bertz CT molecular complexity index is 837. The lowest BCUT2D eigenvalue weighted by Gasteiger charge is -2.20. The van der Waals surface area contributed by atoms with Gasteiger partial charge in [-0.15, -0.1) is 11.8 Å². The van der Waals surface area contributed by atoms with Crippen molar-refractivity contribution in [2.75, 3.05) is 16.4 Å². The third-order valence-corrected chi connectivity index (χ3v) is 6.52. The van der Waals surface area contributed by atoms with Crippen molar-refractivity contribution in [3.05, 3.63) is 52.5 Å². The molecule has 2 N–H and O–H groups in total. The summed E-state index contributed by atoms with van der Waals surface area (Å²) < 4.78 is 0. The van der Waals surface area contributed by atoms with Crippen molar-refractivity contribution >= 4 is 58.2 Å². The van der Waals surface area contributed by atoms with Gasteiger partial charge >= 0.3 is 0 Å². The fourth-order valence-electron chi connectivity index (χ4n) is 3.18. The van der Waals surface area contributed by atoms with Gasteiger partial charge in [0.25, 0.3) is 0 Å². The zero-order chi connectivity index (χ0) is 19.9. The fraction of sp³-hybridized carbons (Fsp3) is 0.333. The van der Waals surface area contributed by atoms with E-state index in [-0.39, 0.29) is 23.5 Å². The molecule has 0 aromatic heterocycles. The molecule has 0 heterocycles. The number of hydrogen-bond donors (Lipinski definition) is 2. The van der Waals surface area contributed by atoms with Gasteiger partial charge in [-0.2, -0.15) is 0 Å². The molecule has 1 saturated carbocycles. The van der Waals surface area contributed by atoms with Crippen LogP contribution in [0.25, 0.3) is 0 Å². The molecule has 0 bridgehead atoms. The first-order valence-electron chi connectivity index (χ1n) is 9.30. The Kier molecular flexibility index (Phi) is 7.65. The van der Waals surface area contributed by atoms with Crippen LogP contribution in [0, 0.1) is 5.92 Å². The monoisotopic (exact) mass is 436 g/mol. The highest BCUT2D eigenvalue weighted by atomic mass is 35.5. The minimum Gasteiger partial charge on any atom is -0.326 e. The Morgan fingerprint density at radius 1 is 0.964 bits per heavy atom. The van der Waals surface area contributed by atoms with E-state index in [0.29, 0.717) is 15.7 Å². The average Bonchev–Trinajstić information content (AvgIpc) is 2.71. The Labute approximate surface area is 179 Å². The summed E-state index contributed by atoms with van der Waals surface area (Å²) in [6.45, 7) is 0. The number of amides is 2. The molecule has 0 unspecified atom stereocenters. The topological polar surface area (TPSA) is 58.2 Å². The molecule has 1 fully saturated rings. The molecule has 28 heavy (non-hydrogen) atoms. The molecule has 7 heteroatoms. The average molecular weight is 437 g/mol. The van der Waals surface area contributed by atoms with Crippen LogP contribution in [0.2, 0.25) is 10.0 Å². The second-order valence-electron chi connectivity index (χ2n) is 6.79. The molecule has 1 aliphatic rings. The molecule has 2 aromatic rings. The van der Waals surface area contributed by atoms with Gasteiger partial charge in [0, 0.05) is 16.5 Å². The van der Waals surface area contributed by atoms with Crippen molar-refractivity contribution in [2.45, 2.75) is 37.0 Å². The molecule has 0 aliphatic heterocycles. The van der Waals surface area contributed by atoms with Crippen LogP contribution in [0.15, 0.2) is 47.4 Å². The molecule has 2 amide bonds. The quantitative estimate of drug-likeness (QED) is 0.526. The van der Waals surface area contributed by atoms with Gasteiger partial charge < -0.3 is 10.6 Å². The van der Waals surface area contributed by atoms with E-state index >= 15 is 0 Å². The SMILES string of the molecule is O=C(CSc1ccc(NC(=O)C2CCCCC2)cc1)Nc1cccc(Cl)c1Cl. The van der Waals surface area contributed by atoms with Gasteiger partial charge in [0.2, 0.25) is 11.8 Å². The van der Waals surface area contributed by atoms with Crippen molar-refractivity contribution in [3.8, 4) is 0 Å². The third kappa shape index (κ3) is 5.90. The maximum Gasteiger partial charge on any atom is 0.234 e. The number of benzene rings is 2. The smallest absolute Gasteiger partial charge is 0.234 e. The lowest BCUT2D eigenvalue weighted by atomic mass is 9.88. The third-order valence-electron chi connectivity index (χ3n) is 4.69. The highest BCUT2D eigenvalue weighted by molar-refractivity contribution is 8.00.